The van der Waals surface area contributed by atoms with Gasteiger partial charge in [-0.25, -0.2) is 5.43 Å². The predicted molar refractivity (Wildman–Crippen MR) is 97.8 cm³/mol. The maximum absolute atomic E-state index is 11.6. The molecule has 2 aliphatic heterocycles. The van der Waals surface area contributed by atoms with E-state index >= 15 is 0 Å². The van der Waals surface area contributed by atoms with Crippen LogP contribution in [-0.2, 0) is 4.79 Å². The van der Waals surface area contributed by atoms with Crippen LogP contribution < -0.4 is 10.2 Å². The molecule has 1 saturated carbocycles. The zero-order chi connectivity index (χ0) is 17.4. The fraction of sp³-hybridized carbons (Fsp3) is 0.600. The van der Waals surface area contributed by atoms with Crippen molar-refractivity contribution in [3.8, 4) is 5.75 Å². The van der Waals surface area contributed by atoms with Gasteiger partial charge in [0.25, 0.3) is 0 Å². The molecular formula is C20H27N3O2. The van der Waals surface area contributed by atoms with Gasteiger partial charge in [0.2, 0.25) is 5.91 Å². The van der Waals surface area contributed by atoms with Crippen LogP contribution in [0.4, 0.5) is 0 Å². The molecule has 4 rings (SSSR count). The first kappa shape index (κ1) is 16.6. The summed E-state index contributed by atoms with van der Waals surface area (Å²) in [6.07, 6.45) is 4.65. The number of hydrazone groups is 1. The molecule has 3 atom stereocenters. The summed E-state index contributed by atoms with van der Waals surface area (Å²) in [4.78, 5) is 14.1. The van der Waals surface area contributed by atoms with Crippen LogP contribution in [0.25, 0.3) is 0 Å². The van der Waals surface area contributed by atoms with Crippen molar-refractivity contribution in [3.05, 3.63) is 29.3 Å². The maximum atomic E-state index is 11.6. The van der Waals surface area contributed by atoms with Crippen molar-refractivity contribution in [2.45, 2.75) is 45.6 Å². The fourth-order valence-corrected chi connectivity index (χ4v) is 4.12. The zero-order valence-electron chi connectivity index (χ0n) is 15.1. The minimum atomic E-state index is 0.0682. The number of hydrogen-bond acceptors (Lipinski definition) is 4. The highest BCUT2D eigenvalue weighted by molar-refractivity contribution is 6.10. The van der Waals surface area contributed by atoms with Gasteiger partial charge in [-0.05, 0) is 69.8 Å². The molecule has 2 fully saturated rings. The minimum absolute atomic E-state index is 0.0682. The number of aryl methyl sites for hydroxylation is 1. The number of fused-ring (bicyclic) bond motifs is 1. The lowest BCUT2D eigenvalue weighted by Gasteiger charge is -2.20. The summed E-state index contributed by atoms with van der Waals surface area (Å²) in [5.74, 6) is 1.43. The van der Waals surface area contributed by atoms with Crippen molar-refractivity contribution < 1.29 is 9.53 Å². The van der Waals surface area contributed by atoms with E-state index in [4.69, 9.17) is 4.74 Å². The van der Waals surface area contributed by atoms with Crippen LogP contribution in [0.3, 0.4) is 0 Å². The summed E-state index contributed by atoms with van der Waals surface area (Å²) in [6, 6.07) is 6.92. The predicted octanol–water partition coefficient (Wildman–Crippen LogP) is 2.72. The van der Waals surface area contributed by atoms with E-state index in [0.29, 0.717) is 5.92 Å². The van der Waals surface area contributed by atoms with Gasteiger partial charge >= 0.3 is 0 Å². The average Bonchev–Trinajstić information content (AvgIpc) is 3.31. The quantitative estimate of drug-likeness (QED) is 0.810. The number of nitrogens with one attached hydrogen (secondary N) is 1. The van der Waals surface area contributed by atoms with Crippen molar-refractivity contribution in [1.82, 2.24) is 10.3 Å². The maximum Gasteiger partial charge on any atom is 0.243 e. The smallest absolute Gasteiger partial charge is 0.243 e. The molecule has 1 aromatic carbocycles. The Balaban J connectivity index is 1.32. The van der Waals surface area contributed by atoms with Gasteiger partial charge in [0.1, 0.15) is 5.75 Å². The molecular weight excluding hydrogens is 314 g/mol. The summed E-state index contributed by atoms with van der Waals surface area (Å²) < 4.78 is 5.94. The standard InChI is InChI=1S/C20H27N3O2/c1-13-11-15(25-10-4-9-23-8-3-5-14(23)2)6-7-16(13)19-17-12-18(17)20(24)22-21-19/h6-7,11,14,17-18H,3-5,8-10,12H2,1-2H3,(H,22,24)/t14-,17?,18?/m0/s1. The Bertz CT molecular complexity index is 700. The molecule has 1 aliphatic carbocycles. The second kappa shape index (κ2) is 6.79. The van der Waals surface area contributed by atoms with E-state index < -0.39 is 0 Å². The first-order chi connectivity index (χ1) is 12.1. The molecule has 1 aromatic rings. The van der Waals surface area contributed by atoms with Crippen LogP contribution in [0.15, 0.2) is 23.3 Å². The monoisotopic (exact) mass is 341 g/mol. The number of hydrogen-bond donors (Lipinski definition) is 1. The van der Waals surface area contributed by atoms with Gasteiger partial charge in [0, 0.05) is 30.0 Å². The van der Waals surface area contributed by atoms with Gasteiger partial charge in [-0.15, -0.1) is 0 Å². The molecule has 0 spiro atoms. The normalized spacial score (nSPS) is 28.3. The van der Waals surface area contributed by atoms with Gasteiger partial charge in [-0.1, -0.05) is 0 Å². The molecule has 25 heavy (non-hydrogen) atoms. The molecule has 2 heterocycles. The molecule has 1 N–H and O–H groups in total. The van der Waals surface area contributed by atoms with Crippen LogP contribution in [0.5, 0.6) is 5.75 Å². The number of benzene rings is 1. The Hall–Kier alpha value is -1.88. The topological polar surface area (TPSA) is 53.9 Å². The lowest BCUT2D eigenvalue weighted by molar-refractivity contribution is -0.122. The second-order valence-corrected chi connectivity index (χ2v) is 7.63. The van der Waals surface area contributed by atoms with Crippen molar-refractivity contribution in [2.24, 2.45) is 16.9 Å². The Morgan fingerprint density at radius 3 is 3.00 bits per heavy atom. The number of carbonyl (C=O) groups is 1. The van der Waals surface area contributed by atoms with Crippen molar-refractivity contribution >= 4 is 11.6 Å². The minimum Gasteiger partial charge on any atom is -0.494 e. The second-order valence-electron chi connectivity index (χ2n) is 7.63. The number of nitrogens with zero attached hydrogens (tertiary/aromatic N) is 2. The summed E-state index contributed by atoms with van der Waals surface area (Å²) in [6.45, 7) is 7.51. The van der Waals surface area contributed by atoms with E-state index in [2.05, 4.69) is 41.4 Å². The van der Waals surface area contributed by atoms with Crippen LogP contribution in [0.2, 0.25) is 0 Å². The molecule has 1 saturated heterocycles. The highest BCUT2D eigenvalue weighted by atomic mass is 16.5. The zero-order valence-corrected chi connectivity index (χ0v) is 15.1. The molecule has 0 aromatic heterocycles. The van der Waals surface area contributed by atoms with Crippen LogP contribution in [0, 0.1) is 18.8 Å². The summed E-state index contributed by atoms with van der Waals surface area (Å²) >= 11 is 0. The first-order valence-corrected chi connectivity index (χ1v) is 9.49. The van der Waals surface area contributed by atoms with Crippen LogP contribution in [0.1, 0.15) is 43.7 Å². The molecule has 0 radical (unpaired) electrons. The van der Waals surface area contributed by atoms with E-state index in [9.17, 15) is 4.79 Å². The Morgan fingerprint density at radius 2 is 2.24 bits per heavy atom. The first-order valence-electron chi connectivity index (χ1n) is 9.49. The van der Waals surface area contributed by atoms with Crippen LogP contribution >= 0.6 is 0 Å². The van der Waals surface area contributed by atoms with E-state index in [1.54, 1.807) is 0 Å². The Kier molecular flexibility index (Phi) is 4.50. The lowest BCUT2D eigenvalue weighted by atomic mass is 9.99. The van der Waals surface area contributed by atoms with Crippen molar-refractivity contribution in [2.75, 3.05) is 19.7 Å². The third-order valence-electron chi connectivity index (χ3n) is 5.79. The number of likely N-dealkylation sites (tertiary alicyclic amines) is 1. The summed E-state index contributed by atoms with van der Waals surface area (Å²) in [5.41, 5.74) is 5.96. The van der Waals surface area contributed by atoms with Gasteiger partial charge in [-0.3, -0.25) is 4.79 Å². The molecule has 1 amide bonds. The van der Waals surface area contributed by atoms with E-state index in [1.165, 1.54) is 19.4 Å². The highest BCUT2D eigenvalue weighted by Crippen LogP contribution is 2.44. The third kappa shape index (κ3) is 3.43. The summed E-state index contributed by atoms with van der Waals surface area (Å²) in [5, 5.41) is 4.29. The van der Waals surface area contributed by atoms with Crippen molar-refractivity contribution in [3.63, 3.8) is 0 Å². The average molecular weight is 341 g/mol. The van der Waals surface area contributed by atoms with E-state index in [0.717, 1.165) is 54.6 Å². The Morgan fingerprint density at radius 1 is 1.36 bits per heavy atom. The largest absolute Gasteiger partial charge is 0.494 e. The molecule has 3 aliphatic rings. The van der Waals surface area contributed by atoms with Gasteiger partial charge in [0.15, 0.2) is 0 Å². The third-order valence-corrected chi connectivity index (χ3v) is 5.79. The van der Waals surface area contributed by atoms with Gasteiger partial charge < -0.3 is 9.64 Å². The molecule has 5 heteroatoms. The highest BCUT2D eigenvalue weighted by Gasteiger charge is 2.49. The Labute approximate surface area is 149 Å². The van der Waals surface area contributed by atoms with Gasteiger partial charge in [-0.2, -0.15) is 5.10 Å². The number of carbonyl (C=O) groups excluding carboxylic acids is 1. The lowest BCUT2D eigenvalue weighted by Crippen LogP contribution is -2.29. The number of amides is 1. The number of ether oxygens (including phenoxy) is 1. The van der Waals surface area contributed by atoms with Crippen LogP contribution in [-0.4, -0.2) is 42.3 Å². The van der Waals surface area contributed by atoms with Crippen molar-refractivity contribution in [1.29, 1.82) is 0 Å². The number of rotatable bonds is 6. The molecule has 5 nitrogen and oxygen atoms in total. The summed E-state index contributed by atoms with van der Waals surface area (Å²) in [7, 11) is 0. The molecule has 2 unspecified atom stereocenters. The SMILES string of the molecule is Cc1cc(OCCCN2CCC[C@@H]2C)ccc1C1=NNC(=O)C2CC12. The van der Waals surface area contributed by atoms with E-state index in [-0.39, 0.29) is 11.8 Å². The van der Waals surface area contributed by atoms with E-state index in [1.807, 2.05) is 6.07 Å². The van der Waals surface area contributed by atoms with Gasteiger partial charge in [0.05, 0.1) is 12.3 Å². The molecule has 0 bridgehead atoms. The molecule has 134 valence electrons. The fourth-order valence-electron chi connectivity index (χ4n) is 4.12.